The first-order valence-corrected chi connectivity index (χ1v) is 8.14. The zero-order chi connectivity index (χ0) is 18.2. The zero-order valence-electron chi connectivity index (χ0n) is 13.6. The summed E-state index contributed by atoms with van der Waals surface area (Å²) in [5.41, 5.74) is -0.215. The van der Waals surface area contributed by atoms with Crippen LogP contribution < -0.4 is 10.6 Å². The van der Waals surface area contributed by atoms with E-state index in [0.717, 1.165) is 44.2 Å². The van der Waals surface area contributed by atoms with E-state index >= 15 is 0 Å². The molecule has 0 bridgehead atoms. The summed E-state index contributed by atoms with van der Waals surface area (Å²) in [7, 11) is 0. The summed E-state index contributed by atoms with van der Waals surface area (Å²) in [5.74, 6) is -3.49. The Kier molecular flexibility index (Phi) is 6.85. The molecule has 1 saturated carbocycles. The van der Waals surface area contributed by atoms with Crippen molar-refractivity contribution in [3.8, 4) is 0 Å². The fourth-order valence-electron chi connectivity index (χ4n) is 2.64. The third-order valence-corrected chi connectivity index (χ3v) is 3.95. The van der Waals surface area contributed by atoms with Gasteiger partial charge in [-0.05, 0) is 25.0 Å². The number of carbonyl (C=O) groups excluding carboxylic acids is 3. The lowest BCUT2D eigenvalue weighted by atomic mass is 9.89. The maximum Gasteiger partial charge on any atom is 0.325 e. The van der Waals surface area contributed by atoms with E-state index in [2.05, 4.69) is 10.6 Å². The number of rotatable bonds is 6. The molecule has 0 unspecified atom stereocenters. The molecule has 6 nitrogen and oxygen atoms in total. The first-order chi connectivity index (χ1) is 12.0. The van der Waals surface area contributed by atoms with Crippen molar-refractivity contribution in [2.45, 2.75) is 32.1 Å². The summed E-state index contributed by atoms with van der Waals surface area (Å²) < 4.78 is 30.9. The van der Waals surface area contributed by atoms with Crippen LogP contribution in [0.2, 0.25) is 0 Å². The number of carbonyl (C=O) groups is 3. The Balaban J connectivity index is 1.68. The van der Waals surface area contributed by atoms with Crippen molar-refractivity contribution in [2.75, 3.05) is 18.5 Å². The van der Waals surface area contributed by atoms with Crippen molar-refractivity contribution in [3.63, 3.8) is 0 Å². The van der Waals surface area contributed by atoms with Gasteiger partial charge in [-0.2, -0.15) is 0 Å². The van der Waals surface area contributed by atoms with E-state index in [-0.39, 0.29) is 24.1 Å². The molecule has 0 aromatic heterocycles. The molecule has 0 heterocycles. The molecule has 8 heteroatoms. The van der Waals surface area contributed by atoms with Crippen LogP contribution in [0.15, 0.2) is 18.2 Å². The molecule has 1 aromatic carbocycles. The first-order valence-electron chi connectivity index (χ1n) is 8.14. The number of hydrogen-bond donors (Lipinski definition) is 2. The number of esters is 1. The molecule has 0 radical (unpaired) electrons. The summed E-state index contributed by atoms with van der Waals surface area (Å²) in [6.45, 7) is -0.956. The van der Waals surface area contributed by atoms with Gasteiger partial charge in [0.1, 0.15) is 18.2 Å². The van der Waals surface area contributed by atoms with Gasteiger partial charge in [-0.15, -0.1) is 0 Å². The van der Waals surface area contributed by atoms with Crippen LogP contribution in [0.3, 0.4) is 0 Å². The van der Waals surface area contributed by atoms with E-state index in [4.69, 9.17) is 4.74 Å². The molecule has 2 amide bonds. The molecule has 0 atom stereocenters. The third kappa shape index (κ3) is 6.13. The number of nitrogens with one attached hydrogen (secondary N) is 2. The van der Waals surface area contributed by atoms with Gasteiger partial charge in [0.25, 0.3) is 5.91 Å². The lowest BCUT2D eigenvalue weighted by Gasteiger charge is -2.20. The molecule has 2 rings (SSSR count). The fraction of sp³-hybridized carbons (Fsp3) is 0.471. The first kappa shape index (κ1) is 18.8. The number of amides is 2. The number of halogens is 2. The molecule has 1 aliphatic rings. The Bertz CT molecular complexity index is 646. The summed E-state index contributed by atoms with van der Waals surface area (Å²) >= 11 is 0. The van der Waals surface area contributed by atoms with Crippen molar-refractivity contribution in [3.05, 3.63) is 29.8 Å². The Labute approximate surface area is 143 Å². The highest BCUT2D eigenvalue weighted by Crippen LogP contribution is 2.23. The summed E-state index contributed by atoms with van der Waals surface area (Å²) in [5, 5.41) is 4.66. The standard InChI is InChI=1S/C17H20F2N2O4/c18-12-6-7-14(13(19)8-12)21-15(22)10-25-16(23)9-20-17(24)11-4-2-1-3-5-11/h6-8,11H,1-5,9-10H2,(H,20,24)(H,21,22). The van der Waals surface area contributed by atoms with Gasteiger partial charge in [0.05, 0.1) is 5.69 Å². The highest BCUT2D eigenvalue weighted by atomic mass is 19.1. The minimum atomic E-state index is -0.931. The van der Waals surface area contributed by atoms with Crippen LogP contribution in [0.25, 0.3) is 0 Å². The minimum Gasteiger partial charge on any atom is -0.454 e. The second kappa shape index (κ2) is 9.10. The fourth-order valence-corrected chi connectivity index (χ4v) is 2.64. The molecule has 0 aliphatic heterocycles. The summed E-state index contributed by atoms with van der Waals surface area (Å²) in [6, 6.07) is 2.68. The highest BCUT2D eigenvalue weighted by Gasteiger charge is 2.21. The van der Waals surface area contributed by atoms with E-state index in [1.807, 2.05) is 0 Å². The van der Waals surface area contributed by atoms with E-state index < -0.39 is 30.1 Å². The van der Waals surface area contributed by atoms with Crippen LogP contribution in [0.1, 0.15) is 32.1 Å². The topological polar surface area (TPSA) is 84.5 Å². The van der Waals surface area contributed by atoms with Crippen molar-refractivity contribution in [1.29, 1.82) is 0 Å². The highest BCUT2D eigenvalue weighted by molar-refractivity contribution is 5.93. The second-order valence-electron chi connectivity index (χ2n) is 5.89. The summed E-state index contributed by atoms with van der Waals surface area (Å²) in [4.78, 5) is 35.0. The molecule has 1 aromatic rings. The van der Waals surface area contributed by atoms with E-state index in [0.29, 0.717) is 6.07 Å². The molecule has 25 heavy (non-hydrogen) atoms. The SMILES string of the molecule is O=C(COC(=O)CNC(=O)C1CCCCC1)Nc1ccc(F)cc1F. The molecule has 2 N–H and O–H groups in total. The molecule has 0 spiro atoms. The maximum atomic E-state index is 13.4. The molecular weight excluding hydrogens is 334 g/mol. The van der Waals surface area contributed by atoms with Gasteiger partial charge < -0.3 is 15.4 Å². The number of hydrogen-bond acceptors (Lipinski definition) is 4. The van der Waals surface area contributed by atoms with Crippen LogP contribution in [-0.4, -0.2) is 30.9 Å². The molecule has 0 saturated heterocycles. The maximum absolute atomic E-state index is 13.4. The van der Waals surface area contributed by atoms with Crippen LogP contribution in [-0.2, 0) is 19.1 Å². The van der Waals surface area contributed by atoms with Crippen LogP contribution in [0.4, 0.5) is 14.5 Å². The smallest absolute Gasteiger partial charge is 0.325 e. The van der Waals surface area contributed by atoms with Crippen LogP contribution >= 0.6 is 0 Å². The van der Waals surface area contributed by atoms with Crippen molar-refractivity contribution >= 4 is 23.5 Å². The number of benzene rings is 1. The van der Waals surface area contributed by atoms with E-state index in [1.54, 1.807) is 0 Å². The monoisotopic (exact) mass is 354 g/mol. The average molecular weight is 354 g/mol. The van der Waals surface area contributed by atoms with Gasteiger partial charge in [0.2, 0.25) is 5.91 Å². The number of ether oxygens (including phenoxy) is 1. The molecule has 1 fully saturated rings. The zero-order valence-corrected chi connectivity index (χ0v) is 13.6. The Morgan fingerprint density at radius 1 is 1.12 bits per heavy atom. The van der Waals surface area contributed by atoms with Crippen molar-refractivity contribution in [1.82, 2.24) is 5.32 Å². The predicted octanol–water partition coefficient (Wildman–Crippen LogP) is 2.14. The second-order valence-corrected chi connectivity index (χ2v) is 5.89. The Hall–Kier alpha value is -2.51. The van der Waals surface area contributed by atoms with Gasteiger partial charge in [-0.1, -0.05) is 19.3 Å². The van der Waals surface area contributed by atoms with Gasteiger partial charge >= 0.3 is 5.97 Å². The van der Waals surface area contributed by atoms with Crippen LogP contribution in [0, 0.1) is 17.6 Å². The molecule has 1 aliphatic carbocycles. The quantitative estimate of drug-likeness (QED) is 0.767. The normalized spacial score (nSPS) is 14.6. The lowest BCUT2D eigenvalue weighted by molar-refractivity contribution is -0.147. The lowest BCUT2D eigenvalue weighted by Crippen LogP contribution is -2.36. The van der Waals surface area contributed by atoms with Gasteiger partial charge in [0.15, 0.2) is 6.61 Å². The Morgan fingerprint density at radius 3 is 2.52 bits per heavy atom. The number of anilines is 1. The largest absolute Gasteiger partial charge is 0.454 e. The van der Waals surface area contributed by atoms with Crippen LogP contribution in [0.5, 0.6) is 0 Å². The van der Waals surface area contributed by atoms with Crippen molar-refractivity contribution in [2.24, 2.45) is 5.92 Å². The minimum absolute atomic E-state index is 0.0775. The van der Waals surface area contributed by atoms with Gasteiger partial charge in [-0.25, -0.2) is 8.78 Å². The third-order valence-electron chi connectivity index (χ3n) is 3.95. The predicted molar refractivity (Wildman–Crippen MR) is 85.5 cm³/mol. The average Bonchev–Trinajstić information content (AvgIpc) is 2.61. The summed E-state index contributed by atoms with van der Waals surface area (Å²) in [6.07, 6.45) is 4.75. The van der Waals surface area contributed by atoms with Gasteiger partial charge in [0, 0.05) is 12.0 Å². The Morgan fingerprint density at radius 2 is 1.84 bits per heavy atom. The van der Waals surface area contributed by atoms with Gasteiger partial charge in [-0.3, -0.25) is 14.4 Å². The molecular formula is C17H20F2N2O4. The van der Waals surface area contributed by atoms with Crippen molar-refractivity contribution < 1.29 is 27.9 Å². The van der Waals surface area contributed by atoms with E-state index in [9.17, 15) is 23.2 Å². The van der Waals surface area contributed by atoms with E-state index in [1.165, 1.54) is 0 Å². The molecule has 136 valence electrons.